The van der Waals surface area contributed by atoms with Crippen molar-refractivity contribution >= 4 is 0 Å². The molecule has 1 rings (SSSR count). The molecule has 0 bridgehead atoms. The van der Waals surface area contributed by atoms with Gasteiger partial charge in [0.05, 0.1) is 0 Å². The molecule has 0 atom stereocenters. The summed E-state index contributed by atoms with van der Waals surface area (Å²) >= 11 is 0. The lowest BCUT2D eigenvalue weighted by Crippen LogP contribution is -2.33. The van der Waals surface area contributed by atoms with Crippen LogP contribution in [-0.4, -0.2) is 51.2 Å². The van der Waals surface area contributed by atoms with Crippen LogP contribution in [0.1, 0.15) is 12.8 Å². The lowest BCUT2D eigenvalue weighted by atomic mass is 10.4. The fourth-order valence-electron chi connectivity index (χ4n) is 1.58. The Labute approximate surface area is 75.5 Å². The van der Waals surface area contributed by atoms with Crippen LogP contribution in [0.25, 0.3) is 0 Å². The Kier molecular flexibility index (Phi) is 5.32. The third kappa shape index (κ3) is 4.04. The Bertz CT molecular complexity index is 99.9. The Morgan fingerprint density at radius 3 is 2.50 bits per heavy atom. The van der Waals surface area contributed by atoms with Gasteiger partial charge in [-0.25, -0.2) is 0 Å². The molecular formula is C9H21N3. The van der Waals surface area contributed by atoms with Crippen LogP contribution >= 0.6 is 0 Å². The van der Waals surface area contributed by atoms with Crippen LogP contribution in [0.15, 0.2) is 0 Å². The lowest BCUT2D eigenvalue weighted by molar-refractivity contribution is 0.336. The molecule has 0 spiro atoms. The normalized spacial score (nSPS) is 18.8. The first-order chi connectivity index (χ1) is 5.93. The summed E-state index contributed by atoms with van der Waals surface area (Å²) in [6, 6.07) is 0. The third-order valence-corrected chi connectivity index (χ3v) is 2.36. The molecule has 12 heavy (non-hydrogen) atoms. The van der Waals surface area contributed by atoms with Gasteiger partial charge in [-0.3, -0.25) is 0 Å². The molecule has 0 aliphatic carbocycles. The molecule has 1 aliphatic heterocycles. The Hall–Kier alpha value is -0.120. The summed E-state index contributed by atoms with van der Waals surface area (Å²) in [5, 5.41) is 6.53. The standard InChI is InChI=1S/C9H21N3/c1-10-4-5-11-6-9-12-7-2-3-8-12/h10-11H,2-9H2,1H3. The van der Waals surface area contributed by atoms with Crippen LogP contribution in [0.2, 0.25) is 0 Å². The number of nitrogens with one attached hydrogen (secondary N) is 2. The van der Waals surface area contributed by atoms with Gasteiger partial charge >= 0.3 is 0 Å². The maximum Gasteiger partial charge on any atom is 0.0107 e. The Balaban J connectivity index is 1.81. The van der Waals surface area contributed by atoms with Crippen molar-refractivity contribution in [2.24, 2.45) is 0 Å². The molecule has 2 N–H and O–H groups in total. The zero-order valence-corrected chi connectivity index (χ0v) is 8.10. The van der Waals surface area contributed by atoms with Crippen LogP contribution < -0.4 is 10.6 Å². The molecule has 1 aliphatic rings. The van der Waals surface area contributed by atoms with E-state index >= 15 is 0 Å². The molecule has 0 saturated carbocycles. The van der Waals surface area contributed by atoms with E-state index in [2.05, 4.69) is 15.5 Å². The molecule has 0 aromatic carbocycles. The topological polar surface area (TPSA) is 27.3 Å². The zero-order chi connectivity index (χ0) is 8.65. The van der Waals surface area contributed by atoms with Gasteiger partial charge in [-0.1, -0.05) is 0 Å². The lowest BCUT2D eigenvalue weighted by Gasteiger charge is -2.14. The van der Waals surface area contributed by atoms with Crippen molar-refractivity contribution in [2.75, 3.05) is 46.3 Å². The number of hydrogen-bond donors (Lipinski definition) is 2. The van der Waals surface area contributed by atoms with E-state index in [0.29, 0.717) is 0 Å². The van der Waals surface area contributed by atoms with Gasteiger partial charge in [-0.2, -0.15) is 0 Å². The second kappa shape index (κ2) is 6.40. The first-order valence-corrected chi connectivity index (χ1v) is 5.01. The first-order valence-electron chi connectivity index (χ1n) is 5.01. The molecule has 1 heterocycles. The van der Waals surface area contributed by atoms with Gasteiger partial charge < -0.3 is 15.5 Å². The van der Waals surface area contributed by atoms with Gasteiger partial charge in [0.1, 0.15) is 0 Å². The average Bonchev–Trinajstić information content (AvgIpc) is 2.57. The Morgan fingerprint density at radius 1 is 1.08 bits per heavy atom. The number of likely N-dealkylation sites (N-methyl/N-ethyl adjacent to an activating group) is 1. The van der Waals surface area contributed by atoms with E-state index in [0.717, 1.165) is 19.6 Å². The minimum atomic E-state index is 1.07. The second-order valence-electron chi connectivity index (χ2n) is 3.40. The zero-order valence-electron chi connectivity index (χ0n) is 8.10. The van der Waals surface area contributed by atoms with Crippen molar-refractivity contribution in [2.45, 2.75) is 12.8 Å². The highest BCUT2D eigenvalue weighted by atomic mass is 15.1. The highest BCUT2D eigenvalue weighted by molar-refractivity contribution is 4.66. The van der Waals surface area contributed by atoms with Gasteiger partial charge in [0.25, 0.3) is 0 Å². The molecule has 0 radical (unpaired) electrons. The quantitative estimate of drug-likeness (QED) is 0.546. The van der Waals surface area contributed by atoms with Gasteiger partial charge in [-0.05, 0) is 33.0 Å². The van der Waals surface area contributed by atoms with Crippen LogP contribution in [0.5, 0.6) is 0 Å². The molecule has 0 aromatic heterocycles. The van der Waals surface area contributed by atoms with Gasteiger partial charge in [0, 0.05) is 26.2 Å². The summed E-state index contributed by atoms with van der Waals surface area (Å²) in [5.41, 5.74) is 0. The summed E-state index contributed by atoms with van der Waals surface area (Å²) in [5.74, 6) is 0. The molecule has 1 saturated heterocycles. The Morgan fingerprint density at radius 2 is 1.83 bits per heavy atom. The number of likely N-dealkylation sites (tertiary alicyclic amines) is 1. The van der Waals surface area contributed by atoms with Crippen LogP contribution in [-0.2, 0) is 0 Å². The summed E-state index contributed by atoms with van der Waals surface area (Å²) in [6.07, 6.45) is 2.80. The second-order valence-corrected chi connectivity index (χ2v) is 3.40. The van der Waals surface area contributed by atoms with Crippen molar-refractivity contribution < 1.29 is 0 Å². The third-order valence-electron chi connectivity index (χ3n) is 2.36. The maximum atomic E-state index is 3.41. The monoisotopic (exact) mass is 171 g/mol. The summed E-state index contributed by atoms with van der Waals surface area (Å²) in [6.45, 7) is 7.15. The average molecular weight is 171 g/mol. The summed E-state index contributed by atoms with van der Waals surface area (Å²) < 4.78 is 0. The molecule has 0 aromatic rings. The van der Waals surface area contributed by atoms with Gasteiger partial charge in [-0.15, -0.1) is 0 Å². The van der Waals surface area contributed by atoms with E-state index < -0.39 is 0 Å². The minimum Gasteiger partial charge on any atom is -0.318 e. The SMILES string of the molecule is CNCCNCCN1CCCC1. The molecule has 1 fully saturated rings. The van der Waals surface area contributed by atoms with Gasteiger partial charge in [0.15, 0.2) is 0 Å². The molecule has 3 nitrogen and oxygen atoms in total. The van der Waals surface area contributed by atoms with E-state index in [1.807, 2.05) is 7.05 Å². The largest absolute Gasteiger partial charge is 0.318 e. The highest BCUT2D eigenvalue weighted by Gasteiger charge is 2.09. The van der Waals surface area contributed by atoms with Crippen LogP contribution in [0, 0.1) is 0 Å². The van der Waals surface area contributed by atoms with Crippen molar-refractivity contribution in [1.29, 1.82) is 0 Å². The minimum absolute atomic E-state index is 1.07. The predicted octanol–water partition coefficient (Wildman–Crippen LogP) is -0.109. The van der Waals surface area contributed by atoms with E-state index in [-0.39, 0.29) is 0 Å². The van der Waals surface area contributed by atoms with E-state index in [1.54, 1.807) is 0 Å². The van der Waals surface area contributed by atoms with Crippen LogP contribution in [0.3, 0.4) is 0 Å². The van der Waals surface area contributed by atoms with Crippen LogP contribution in [0.4, 0.5) is 0 Å². The highest BCUT2D eigenvalue weighted by Crippen LogP contribution is 2.05. The van der Waals surface area contributed by atoms with Crippen molar-refractivity contribution in [3.63, 3.8) is 0 Å². The van der Waals surface area contributed by atoms with Crippen molar-refractivity contribution in [3.8, 4) is 0 Å². The number of hydrogen-bond acceptors (Lipinski definition) is 3. The number of rotatable bonds is 6. The van der Waals surface area contributed by atoms with Crippen molar-refractivity contribution in [3.05, 3.63) is 0 Å². The van der Waals surface area contributed by atoms with E-state index in [1.165, 1.54) is 32.5 Å². The maximum absolute atomic E-state index is 3.41. The first kappa shape index (κ1) is 9.96. The fourth-order valence-corrected chi connectivity index (χ4v) is 1.58. The molecule has 0 unspecified atom stereocenters. The van der Waals surface area contributed by atoms with E-state index in [9.17, 15) is 0 Å². The molecule has 0 amide bonds. The molecule has 3 heteroatoms. The number of nitrogens with zero attached hydrogens (tertiary/aromatic N) is 1. The van der Waals surface area contributed by atoms with Gasteiger partial charge in [0.2, 0.25) is 0 Å². The predicted molar refractivity (Wildman–Crippen MR) is 52.5 cm³/mol. The fraction of sp³-hybridized carbons (Fsp3) is 1.00. The molecule has 72 valence electrons. The smallest absolute Gasteiger partial charge is 0.0107 e. The summed E-state index contributed by atoms with van der Waals surface area (Å²) in [4.78, 5) is 2.53. The summed E-state index contributed by atoms with van der Waals surface area (Å²) in [7, 11) is 1.99. The van der Waals surface area contributed by atoms with E-state index in [4.69, 9.17) is 0 Å². The van der Waals surface area contributed by atoms with Crippen molar-refractivity contribution in [1.82, 2.24) is 15.5 Å². The molecular weight excluding hydrogens is 150 g/mol.